The molecule has 0 unspecified atom stereocenters. The van der Waals surface area contributed by atoms with E-state index in [0.29, 0.717) is 17.9 Å². The highest BCUT2D eigenvalue weighted by Crippen LogP contribution is 2.11. The average molecular weight is 371 g/mol. The van der Waals surface area contributed by atoms with E-state index in [1.165, 1.54) is 4.57 Å². The molecule has 0 aliphatic rings. The predicted octanol–water partition coefficient (Wildman–Crippen LogP) is 2.85. The minimum atomic E-state index is -0.500. The van der Waals surface area contributed by atoms with Gasteiger partial charge in [-0.3, -0.25) is 13.9 Å². The molecule has 1 aromatic heterocycles. The lowest BCUT2D eigenvalue weighted by Gasteiger charge is -2.12. The summed E-state index contributed by atoms with van der Waals surface area (Å²) in [5.74, 6) is -0.315. The van der Waals surface area contributed by atoms with Gasteiger partial charge >= 0.3 is 5.69 Å². The molecule has 0 aliphatic heterocycles. The third kappa shape index (κ3) is 4.24. The second-order valence-corrected chi connectivity index (χ2v) is 6.48. The van der Waals surface area contributed by atoms with Crippen molar-refractivity contribution in [2.75, 3.05) is 0 Å². The van der Waals surface area contributed by atoms with E-state index < -0.39 is 11.2 Å². The summed E-state index contributed by atoms with van der Waals surface area (Å²) in [5.41, 5.74) is 1.04. The molecule has 3 aromatic rings. The molecule has 0 radical (unpaired) electrons. The average Bonchev–Trinajstić information content (AvgIpc) is 2.63. The molecule has 134 valence electrons. The van der Waals surface area contributed by atoms with Crippen LogP contribution in [0.15, 0.2) is 70.3 Å². The van der Waals surface area contributed by atoms with Crippen molar-refractivity contribution in [2.45, 2.75) is 25.9 Å². The maximum absolute atomic E-state index is 12.7. The number of nitrogens with zero attached hydrogens (tertiary/aromatic N) is 2. The molecule has 2 aromatic carbocycles. The lowest BCUT2D eigenvalue weighted by molar-refractivity contribution is 0.388. The Labute approximate surface area is 155 Å². The number of aromatic hydroxyl groups is 1. The Balaban J connectivity index is 1.80. The number of aryl methyl sites for hydroxylation is 2. The van der Waals surface area contributed by atoms with Crippen molar-refractivity contribution in [1.29, 1.82) is 0 Å². The van der Waals surface area contributed by atoms with Gasteiger partial charge in [0.05, 0.1) is 6.07 Å². The van der Waals surface area contributed by atoms with E-state index in [-0.39, 0.29) is 19.0 Å². The van der Waals surface area contributed by atoms with Gasteiger partial charge in [0, 0.05) is 18.1 Å². The van der Waals surface area contributed by atoms with Crippen LogP contribution in [0, 0.1) is 0 Å². The molecule has 0 spiro atoms. The molecule has 26 heavy (non-hydrogen) atoms. The summed E-state index contributed by atoms with van der Waals surface area (Å²) in [6, 6.07) is 18.0. The highest BCUT2D eigenvalue weighted by molar-refractivity contribution is 6.30. The van der Waals surface area contributed by atoms with E-state index in [4.69, 9.17) is 11.6 Å². The maximum Gasteiger partial charge on any atom is 0.333 e. The summed E-state index contributed by atoms with van der Waals surface area (Å²) in [4.78, 5) is 24.8. The molecule has 3 rings (SSSR count). The molecule has 0 amide bonds. The molecule has 6 heteroatoms. The second kappa shape index (κ2) is 8.06. The van der Waals surface area contributed by atoms with E-state index >= 15 is 0 Å². The van der Waals surface area contributed by atoms with Gasteiger partial charge in [-0.2, -0.15) is 0 Å². The fraction of sp³-hybridized carbons (Fsp3) is 0.200. The van der Waals surface area contributed by atoms with E-state index in [9.17, 15) is 14.7 Å². The fourth-order valence-corrected chi connectivity index (χ4v) is 2.92. The number of aromatic nitrogens is 2. The molecule has 0 aliphatic carbocycles. The zero-order valence-corrected chi connectivity index (χ0v) is 14.9. The van der Waals surface area contributed by atoms with Crippen LogP contribution in [0.25, 0.3) is 0 Å². The maximum atomic E-state index is 12.7. The van der Waals surface area contributed by atoms with Crippen LogP contribution in [0.4, 0.5) is 0 Å². The topological polar surface area (TPSA) is 64.2 Å². The second-order valence-electron chi connectivity index (χ2n) is 6.04. The molecule has 0 saturated heterocycles. The monoisotopic (exact) mass is 370 g/mol. The van der Waals surface area contributed by atoms with Crippen molar-refractivity contribution in [1.82, 2.24) is 9.13 Å². The SMILES string of the molecule is O=c1cc(O)n(CCc2ccc(Cl)cc2)c(=O)n1CCc1ccccc1. The standard InChI is InChI=1S/C20H19ClN2O3/c21-17-8-6-16(7-9-17)11-13-23-19(25)14-18(24)22(20(23)26)12-10-15-4-2-1-3-5-15/h1-9,14,25H,10-13H2. The molecule has 1 heterocycles. The Morgan fingerprint density at radius 2 is 1.38 bits per heavy atom. The van der Waals surface area contributed by atoms with Crippen LogP contribution in [0.3, 0.4) is 0 Å². The highest BCUT2D eigenvalue weighted by atomic mass is 35.5. The van der Waals surface area contributed by atoms with Crippen molar-refractivity contribution >= 4 is 11.6 Å². The molecule has 0 saturated carbocycles. The van der Waals surface area contributed by atoms with Crippen LogP contribution in [-0.2, 0) is 25.9 Å². The summed E-state index contributed by atoms with van der Waals surface area (Å²) >= 11 is 5.87. The van der Waals surface area contributed by atoms with Gasteiger partial charge in [0.1, 0.15) is 0 Å². The first-order chi connectivity index (χ1) is 12.5. The van der Waals surface area contributed by atoms with Gasteiger partial charge in [-0.15, -0.1) is 0 Å². The van der Waals surface area contributed by atoms with E-state index in [2.05, 4.69) is 0 Å². The number of hydrogen-bond donors (Lipinski definition) is 1. The van der Waals surface area contributed by atoms with Gasteiger partial charge in [-0.1, -0.05) is 54.1 Å². The van der Waals surface area contributed by atoms with Crippen molar-refractivity contribution in [2.24, 2.45) is 0 Å². The van der Waals surface area contributed by atoms with Crippen LogP contribution >= 0.6 is 11.6 Å². The Bertz CT molecular complexity index is 992. The number of hydrogen-bond acceptors (Lipinski definition) is 3. The summed E-state index contributed by atoms with van der Waals surface area (Å²) in [6.07, 6.45) is 1.11. The molecule has 0 bridgehead atoms. The predicted molar refractivity (Wildman–Crippen MR) is 102 cm³/mol. The third-order valence-corrected chi connectivity index (χ3v) is 4.51. The number of benzene rings is 2. The van der Waals surface area contributed by atoms with Crippen molar-refractivity contribution in [3.63, 3.8) is 0 Å². The molecule has 0 fully saturated rings. The van der Waals surface area contributed by atoms with Crippen molar-refractivity contribution in [3.8, 4) is 5.88 Å². The lowest BCUT2D eigenvalue weighted by atomic mass is 10.1. The van der Waals surface area contributed by atoms with Gasteiger partial charge in [0.2, 0.25) is 5.88 Å². The van der Waals surface area contributed by atoms with Crippen LogP contribution < -0.4 is 11.2 Å². The molecular formula is C20H19ClN2O3. The smallest absolute Gasteiger partial charge is 0.333 e. The zero-order chi connectivity index (χ0) is 18.5. The minimum absolute atomic E-state index is 0.267. The fourth-order valence-electron chi connectivity index (χ4n) is 2.80. The van der Waals surface area contributed by atoms with Crippen LogP contribution in [0.2, 0.25) is 5.02 Å². The summed E-state index contributed by atoms with van der Waals surface area (Å²) in [6.45, 7) is 0.542. The Morgan fingerprint density at radius 3 is 2.04 bits per heavy atom. The Kier molecular flexibility index (Phi) is 5.58. The first-order valence-corrected chi connectivity index (χ1v) is 8.74. The molecule has 1 N–H and O–H groups in total. The Morgan fingerprint density at radius 1 is 0.808 bits per heavy atom. The van der Waals surface area contributed by atoms with Crippen LogP contribution in [0.5, 0.6) is 5.88 Å². The normalized spacial score (nSPS) is 10.8. The van der Waals surface area contributed by atoms with Gasteiger partial charge in [0.15, 0.2) is 0 Å². The molecule has 0 atom stereocenters. The van der Waals surface area contributed by atoms with Gasteiger partial charge in [0.25, 0.3) is 5.56 Å². The largest absolute Gasteiger partial charge is 0.494 e. The first kappa shape index (κ1) is 18.0. The minimum Gasteiger partial charge on any atom is -0.494 e. The van der Waals surface area contributed by atoms with E-state index in [1.54, 1.807) is 12.1 Å². The van der Waals surface area contributed by atoms with Gasteiger partial charge in [-0.05, 0) is 36.1 Å². The highest BCUT2D eigenvalue weighted by Gasteiger charge is 2.11. The van der Waals surface area contributed by atoms with E-state index in [1.807, 2.05) is 42.5 Å². The lowest BCUT2D eigenvalue weighted by Crippen LogP contribution is -2.40. The Hall–Kier alpha value is -2.79. The van der Waals surface area contributed by atoms with Crippen molar-refractivity contribution in [3.05, 3.63) is 97.7 Å². The summed E-state index contributed by atoms with van der Waals surface area (Å²) < 4.78 is 2.38. The van der Waals surface area contributed by atoms with E-state index in [0.717, 1.165) is 21.8 Å². The van der Waals surface area contributed by atoms with Crippen LogP contribution in [-0.4, -0.2) is 14.2 Å². The first-order valence-electron chi connectivity index (χ1n) is 8.36. The van der Waals surface area contributed by atoms with Gasteiger partial charge < -0.3 is 5.11 Å². The number of rotatable bonds is 6. The van der Waals surface area contributed by atoms with Crippen molar-refractivity contribution < 1.29 is 5.11 Å². The third-order valence-electron chi connectivity index (χ3n) is 4.26. The number of halogens is 1. The molecular weight excluding hydrogens is 352 g/mol. The zero-order valence-electron chi connectivity index (χ0n) is 14.1. The quantitative estimate of drug-likeness (QED) is 0.725. The summed E-state index contributed by atoms with van der Waals surface area (Å²) in [7, 11) is 0. The summed E-state index contributed by atoms with van der Waals surface area (Å²) in [5, 5.41) is 10.7. The van der Waals surface area contributed by atoms with Gasteiger partial charge in [-0.25, -0.2) is 4.79 Å². The van der Waals surface area contributed by atoms with Crippen LogP contribution in [0.1, 0.15) is 11.1 Å². The molecule has 5 nitrogen and oxygen atoms in total.